The fourth-order valence-electron chi connectivity index (χ4n) is 1.71. The first-order chi connectivity index (χ1) is 10.1. The SMILES string of the molecule is CNc1ncnc(Sc2ccc(NC(C)=O)cc2)c1OC. The van der Waals surface area contributed by atoms with E-state index in [4.69, 9.17) is 4.74 Å². The highest BCUT2D eigenvalue weighted by Crippen LogP contribution is 2.36. The molecule has 1 aromatic heterocycles. The summed E-state index contributed by atoms with van der Waals surface area (Å²) in [6.45, 7) is 1.48. The quantitative estimate of drug-likeness (QED) is 0.827. The summed E-state index contributed by atoms with van der Waals surface area (Å²) in [5.41, 5.74) is 0.761. The molecule has 2 N–H and O–H groups in total. The predicted molar refractivity (Wildman–Crippen MR) is 83.0 cm³/mol. The maximum atomic E-state index is 11.0. The van der Waals surface area contributed by atoms with Crippen LogP contribution in [0.2, 0.25) is 0 Å². The third kappa shape index (κ3) is 3.85. The second-order valence-corrected chi connectivity index (χ2v) is 5.18. The summed E-state index contributed by atoms with van der Waals surface area (Å²) in [7, 11) is 3.37. The maximum absolute atomic E-state index is 11.0. The number of hydrogen-bond donors (Lipinski definition) is 2. The molecule has 2 rings (SSSR count). The van der Waals surface area contributed by atoms with Gasteiger partial charge in [-0.2, -0.15) is 0 Å². The van der Waals surface area contributed by atoms with Crippen molar-refractivity contribution in [3.05, 3.63) is 30.6 Å². The highest BCUT2D eigenvalue weighted by Gasteiger charge is 2.12. The fourth-order valence-corrected chi connectivity index (χ4v) is 2.58. The molecule has 0 bridgehead atoms. The Balaban J connectivity index is 2.20. The number of anilines is 2. The Labute approximate surface area is 127 Å². The molecule has 0 aliphatic carbocycles. The molecule has 1 amide bonds. The topological polar surface area (TPSA) is 76.1 Å². The van der Waals surface area contributed by atoms with E-state index in [1.165, 1.54) is 25.0 Å². The Morgan fingerprint density at radius 2 is 1.95 bits per heavy atom. The number of rotatable bonds is 5. The molecule has 0 aliphatic heterocycles. The van der Waals surface area contributed by atoms with Crippen molar-refractivity contribution in [3.63, 3.8) is 0 Å². The molecule has 7 heteroatoms. The minimum Gasteiger partial charge on any atom is -0.490 e. The molecule has 1 aromatic carbocycles. The first-order valence-electron chi connectivity index (χ1n) is 6.26. The van der Waals surface area contributed by atoms with Crippen molar-refractivity contribution in [1.82, 2.24) is 9.97 Å². The second-order valence-electron chi connectivity index (χ2n) is 4.12. The van der Waals surface area contributed by atoms with E-state index in [0.717, 1.165) is 15.6 Å². The average Bonchev–Trinajstić information content (AvgIpc) is 2.48. The molecule has 0 saturated heterocycles. The summed E-state index contributed by atoms with van der Waals surface area (Å²) in [6.07, 6.45) is 1.49. The van der Waals surface area contributed by atoms with E-state index in [0.29, 0.717) is 11.6 Å². The number of nitrogens with zero attached hydrogens (tertiary/aromatic N) is 2. The molecule has 0 atom stereocenters. The van der Waals surface area contributed by atoms with E-state index in [9.17, 15) is 4.79 Å². The van der Waals surface area contributed by atoms with Crippen LogP contribution in [-0.4, -0.2) is 30.0 Å². The molecule has 6 nitrogen and oxygen atoms in total. The van der Waals surface area contributed by atoms with Gasteiger partial charge < -0.3 is 15.4 Å². The maximum Gasteiger partial charge on any atom is 0.221 e. The summed E-state index contributed by atoms with van der Waals surface area (Å²) in [5, 5.41) is 6.42. The van der Waals surface area contributed by atoms with Crippen LogP contribution in [0.5, 0.6) is 5.75 Å². The number of nitrogens with one attached hydrogen (secondary N) is 2. The van der Waals surface area contributed by atoms with E-state index in [1.807, 2.05) is 24.3 Å². The number of hydrogen-bond acceptors (Lipinski definition) is 6. The lowest BCUT2D eigenvalue weighted by Crippen LogP contribution is -2.05. The zero-order valence-corrected chi connectivity index (χ0v) is 12.8. The third-order valence-electron chi connectivity index (χ3n) is 2.60. The highest BCUT2D eigenvalue weighted by molar-refractivity contribution is 7.99. The Hall–Kier alpha value is -2.28. The van der Waals surface area contributed by atoms with Crippen LogP contribution in [0.15, 0.2) is 40.5 Å². The first-order valence-corrected chi connectivity index (χ1v) is 7.08. The lowest BCUT2D eigenvalue weighted by Gasteiger charge is -2.10. The Morgan fingerprint density at radius 3 is 2.52 bits per heavy atom. The largest absolute Gasteiger partial charge is 0.490 e. The van der Waals surface area contributed by atoms with Crippen LogP contribution in [0.1, 0.15) is 6.92 Å². The van der Waals surface area contributed by atoms with Crippen LogP contribution in [-0.2, 0) is 4.79 Å². The molecule has 0 fully saturated rings. The van der Waals surface area contributed by atoms with Gasteiger partial charge in [-0.25, -0.2) is 9.97 Å². The molecular weight excluding hydrogens is 288 g/mol. The van der Waals surface area contributed by atoms with Crippen molar-refractivity contribution < 1.29 is 9.53 Å². The van der Waals surface area contributed by atoms with Crippen LogP contribution in [0.4, 0.5) is 11.5 Å². The van der Waals surface area contributed by atoms with Crippen LogP contribution in [0, 0.1) is 0 Å². The number of ether oxygens (including phenoxy) is 1. The Kier molecular flexibility index (Phi) is 4.99. The van der Waals surface area contributed by atoms with E-state index in [2.05, 4.69) is 20.6 Å². The molecule has 21 heavy (non-hydrogen) atoms. The van der Waals surface area contributed by atoms with Crippen LogP contribution < -0.4 is 15.4 Å². The van der Waals surface area contributed by atoms with Gasteiger partial charge in [0.2, 0.25) is 5.91 Å². The number of carbonyl (C=O) groups excluding carboxylic acids is 1. The molecule has 1 heterocycles. The summed E-state index contributed by atoms with van der Waals surface area (Å²) in [4.78, 5) is 20.3. The van der Waals surface area contributed by atoms with Gasteiger partial charge in [0.05, 0.1) is 7.11 Å². The van der Waals surface area contributed by atoms with Crippen LogP contribution in [0.3, 0.4) is 0 Å². The van der Waals surface area contributed by atoms with Gasteiger partial charge in [-0.1, -0.05) is 11.8 Å². The van der Waals surface area contributed by atoms with E-state index >= 15 is 0 Å². The first kappa shape index (κ1) is 15.1. The van der Waals surface area contributed by atoms with Gasteiger partial charge in [-0.15, -0.1) is 0 Å². The van der Waals surface area contributed by atoms with Crippen molar-refractivity contribution in [2.24, 2.45) is 0 Å². The van der Waals surface area contributed by atoms with E-state index in [1.54, 1.807) is 14.2 Å². The molecule has 0 spiro atoms. The zero-order valence-electron chi connectivity index (χ0n) is 12.0. The minimum absolute atomic E-state index is 0.0912. The fraction of sp³-hybridized carbons (Fsp3) is 0.214. The van der Waals surface area contributed by atoms with Crippen LogP contribution >= 0.6 is 11.8 Å². The molecule has 0 radical (unpaired) electrons. The number of amides is 1. The molecule has 110 valence electrons. The number of carbonyl (C=O) groups is 1. The van der Waals surface area contributed by atoms with E-state index < -0.39 is 0 Å². The smallest absolute Gasteiger partial charge is 0.221 e. The predicted octanol–water partition coefficient (Wildman–Crippen LogP) is 2.64. The third-order valence-corrected chi connectivity index (χ3v) is 3.59. The normalized spacial score (nSPS) is 10.0. The zero-order chi connectivity index (χ0) is 15.2. The lowest BCUT2D eigenvalue weighted by molar-refractivity contribution is -0.114. The summed E-state index contributed by atoms with van der Waals surface area (Å²) in [5.74, 6) is 1.16. The molecule has 2 aromatic rings. The molecule has 0 unspecified atom stereocenters. The van der Waals surface area contributed by atoms with Gasteiger partial charge >= 0.3 is 0 Å². The molecule has 0 saturated carbocycles. The summed E-state index contributed by atoms with van der Waals surface area (Å²) >= 11 is 1.47. The summed E-state index contributed by atoms with van der Waals surface area (Å²) < 4.78 is 5.35. The van der Waals surface area contributed by atoms with Crippen LogP contribution in [0.25, 0.3) is 0 Å². The van der Waals surface area contributed by atoms with Gasteiger partial charge in [-0.05, 0) is 24.3 Å². The monoisotopic (exact) mass is 304 g/mol. The van der Waals surface area contributed by atoms with E-state index in [-0.39, 0.29) is 5.91 Å². The van der Waals surface area contributed by atoms with Crippen molar-refractivity contribution in [2.45, 2.75) is 16.8 Å². The average molecular weight is 304 g/mol. The molecule has 0 aliphatic rings. The second kappa shape index (κ2) is 6.94. The van der Waals surface area contributed by atoms with Gasteiger partial charge in [0.1, 0.15) is 11.4 Å². The number of methoxy groups -OCH3 is 1. The van der Waals surface area contributed by atoms with Gasteiger partial charge in [0, 0.05) is 24.6 Å². The standard InChI is InChI=1S/C14H16N4O2S/c1-9(19)18-10-4-6-11(7-5-10)21-14-12(20-3)13(15-2)16-8-17-14/h4-8H,1-3H3,(H,18,19)(H,15,16,17). The summed E-state index contributed by atoms with van der Waals surface area (Å²) in [6, 6.07) is 7.51. The van der Waals surface area contributed by atoms with Crippen molar-refractivity contribution >= 4 is 29.2 Å². The number of benzene rings is 1. The highest BCUT2D eigenvalue weighted by atomic mass is 32.2. The van der Waals surface area contributed by atoms with Crippen molar-refractivity contribution in [3.8, 4) is 5.75 Å². The number of aromatic nitrogens is 2. The lowest BCUT2D eigenvalue weighted by atomic mass is 10.3. The Bertz CT molecular complexity index is 631. The van der Waals surface area contributed by atoms with Gasteiger partial charge in [0.15, 0.2) is 11.6 Å². The minimum atomic E-state index is -0.0912. The van der Waals surface area contributed by atoms with Gasteiger partial charge in [0.25, 0.3) is 0 Å². The van der Waals surface area contributed by atoms with Gasteiger partial charge in [-0.3, -0.25) is 4.79 Å². The van der Waals surface area contributed by atoms with Crippen molar-refractivity contribution in [1.29, 1.82) is 0 Å². The Morgan fingerprint density at radius 1 is 1.24 bits per heavy atom. The molecular formula is C14H16N4O2S. The van der Waals surface area contributed by atoms with Crippen molar-refractivity contribution in [2.75, 3.05) is 24.8 Å².